The molecule has 2 unspecified atom stereocenters. The molecule has 3 aromatic carbocycles. The van der Waals surface area contributed by atoms with Crippen LogP contribution in [0.2, 0.25) is 0 Å². The Labute approximate surface area is 198 Å². The van der Waals surface area contributed by atoms with Crippen molar-refractivity contribution < 1.29 is 28.2 Å². The van der Waals surface area contributed by atoms with Crippen molar-refractivity contribution in [3.05, 3.63) is 94.6 Å². The summed E-state index contributed by atoms with van der Waals surface area (Å²) >= 11 is 0. The highest BCUT2D eigenvalue weighted by atomic mass is 19.1. The van der Waals surface area contributed by atoms with Gasteiger partial charge < -0.3 is 14.8 Å². The van der Waals surface area contributed by atoms with E-state index in [1.54, 1.807) is 49.4 Å². The predicted octanol–water partition coefficient (Wildman–Crippen LogP) is 4.43. The molecule has 0 bridgehead atoms. The molecule has 10 heteroatoms. The molecule has 35 heavy (non-hydrogen) atoms. The molecule has 0 spiro atoms. The van der Waals surface area contributed by atoms with Crippen molar-refractivity contribution in [2.45, 2.75) is 18.7 Å². The summed E-state index contributed by atoms with van der Waals surface area (Å²) in [5, 5.41) is 14.6. The maximum Gasteiger partial charge on any atom is 0.413 e. The lowest BCUT2D eigenvalue weighted by molar-refractivity contribution is -0.0677. The van der Waals surface area contributed by atoms with Crippen LogP contribution in [0.5, 0.6) is 0 Å². The van der Waals surface area contributed by atoms with E-state index in [1.807, 2.05) is 0 Å². The molecule has 8 nitrogen and oxygen atoms in total. The SMILES string of the molecule is COC(=O)Nc1nc2ccc(C3(O)c4ccccc4C(=O)N3C(C)c3cc(F)cc(F)c3)cc2[nH]1. The summed E-state index contributed by atoms with van der Waals surface area (Å²) in [6.07, 6.45) is -0.708. The van der Waals surface area contributed by atoms with Crippen LogP contribution in [0.25, 0.3) is 11.0 Å². The van der Waals surface area contributed by atoms with Crippen LogP contribution >= 0.6 is 0 Å². The minimum Gasteiger partial charge on any atom is -0.453 e. The third kappa shape index (κ3) is 3.58. The third-order valence-corrected chi connectivity index (χ3v) is 6.15. The van der Waals surface area contributed by atoms with Gasteiger partial charge in [0.1, 0.15) is 11.6 Å². The monoisotopic (exact) mass is 478 g/mol. The standard InChI is InChI=1S/C25H20F2N4O4/c1-13(14-9-16(26)12-17(27)10-14)31-22(32)18-5-3-4-6-19(18)25(31,34)15-7-8-20-21(11-15)29-23(28-20)30-24(33)35-2/h3-13,34H,1-2H3,(H2,28,29,30,33). The summed E-state index contributed by atoms with van der Waals surface area (Å²) in [7, 11) is 1.22. The Bertz CT molecular complexity index is 1470. The van der Waals surface area contributed by atoms with Crippen molar-refractivity contribution in [3.8, 4) is 0 Å². The molecule has 5 rings (SSSR count). The number of hydrogen-bond acceptors (Lipinski definition) is 5. The van der Waals surface area contributed by atoms with Crippen LogP contribution in [-0.4, -0.2) is 39.1 Å². The van der Waals surface area contributed by atoms with Crippen molar-refractivity contribution in [2.24, 2.45) is 0 Å². The fraction of sp³-hybridized carbons (Fsp3) is 0.160. The number of imidazole rings is 1. The zero-order chi connectivity index (χ0) is 24.9. The largest absolute Gasteiger partial charge is 0.453 e. The fourth-order valence-corrected chi connectivity index (χ4v) is 4.53. The summed E-state index contributed by atoms with van der Waals surface area (Å²) in [5.41, 5.74) is 0.133. The Kier molecular flexibility index (Phi) is 5.25. The second kappa shape index (κ2) is 8.17. The molecule has 0 aliphatic carbocycles. The number of halogens is 2. The summed E-state index contributed by atoms with van der Waals surface area (Å²) in [4.78, 5) is 33.4. The Morgan fingerprint density at radius 3 is 2.57 bits per heavy atom. The molecule has 1 aliphatic heterocycles. The van der Waals surface area contributed by atoms with E-state index in [0.717, 1.165) is 18.2 Å². The Morgan fingerprint density at radius 1 is 1.14 bits per heavy atom. The molecule has 0 fully saturated rings. The Morgan fingerprint density at radius 2 is 1.86 bits per heavy atom. The fourth-order valence-electron chi connectivity index (χ4n) is 4.53. The van der Waals surface area contributed by atoms with E-state index in [1.165, 1.54) is 12.0 Å². The number of nitrogens with one attached hydrogen (secondary N) is 2. The van der Waals surface area contributed by atoms with E-state index in [-0.39, 0.29) is 17.1 Å². The topological polar surface area (TPSA) is 108 Å². The smallest absolute Gasteiger partial charge is 0.413 e. The molecule has 1 aliphatic rings. The molecule has 2 atom stereocenters. The molecular weight excluding hydrogens is 458 g/mol. The van der Waals surface area contributed by atoms with Crippen molar-refractivity contribution in [3.63, 3.8) is 0 Å². The van der Waals surface area contributed by atoms with Gasteiger partial charge in [0.05, 0.1) is 24.2 Å². The lowest BCUT2D eigenvalue weighted by Crippen LogP contribution is -2.46. The highest BCUT2D eigenvalue weighted by Gasteiger charge is 2.52. The first kappa shape index (κ1) is 22.5. The molecule has 0 radical (unpaired) electrons. The van der Waals surface area contributed by atoms with Gasteiger partial charge in [-0.1, -0.05) is 24.3 Å². The molecule has 178 valence electrons. The number of methoxy groups -OCH3 is 1. The number of ether oxygens (including phenoxy) is 1. The van der Waals surface area contributed by atoms with Crippen molar-refractivity contribution >= 4 is 29.0 Å². The predicted molar refractivity (Wildman–Crippen MR) is 123 cm³/mol. The number of hydrogen-bond donors (Lipinski definition) is 3. The molecular formula is C25H20F2N4O4. The minimum atomic E-state index is -1.95. The van der Waals surface area contributed by atoms with Gasteiger partial charge in [0, 0.05) is 22.8 Å². The Hall–Kier alpha value is -4.31. The number of aromatic amines is 1. The van der Waals surface area contributed by atoms with Crippen molar-refractivity contribution in [2.75, 3.05) is 12.4 Å². The van der Waals surface area contributed by atoms with Gasteiger partial charge in [-0.2, -0.15) is 0 Å². The molecule has 1 aromatic heterocycles. The number of nitrogens with zero attached hydrogens (tertiary/aromatic N) is 2. The first-order valence-electron chi connectivity index (χ1n) is 10.7. The van der Waals surface area contributed by atoms with Crippen LogP contribution in [0.3, 0.4) is 0 Å². The minimum absolute atomic E-state index is 0.138. The highest BCUT2D eigenvalue weighted by Crippen LogP contribution is 2.47. The molecule has 0 saturated heterocycles. The number of amides is 2. The zero-order valence-corrected chi connectivity index (χ0v) is 18.7. The van der Waals surface area contributed by atoms with Crippen LogP contribution < -0.4 is 5.32 Å². The van der Waals surface area contributed by atoms with Crippen LogP contribution in [0.15, 0.2) is 60.7 Å². The number of carbonyl (C=O) groups excluding carboxylic acids is 2. The summed E-state index contributed by atoms with van der Waals surface area (Å²) in [6, 6.07) is 13.5. The second-order valence-corrected chi connectivity index (χ2v) is 8.21. The molecule has 3 N–H and O–H groups in total. The molecule has 0 saturated carbocycles. The van der Waals surface area contributed by atoms with E-state index in [9.17, 15) is 23.5 Å². The van der Waals surface area contributed by atoms with Crippen LogP contribution in [0.4, 0.5) is 19.5 Å². The van der Waals surface area contributed by atoms with Gasteiger partial charge in [-0.05, 0) is 42.8 Å². The summed E-state index contributed by atoms with van der Waals surface area (Å²) < 4.78 is 32.5. The summed E-state index contributed by atoms with van der Waals surface area (Å²) in [6.45, 7) is 1.59. The lowest BCUT2D eigenvalue weighted by Gasteiger charge is -2.39. The van der Waals surface area contributed by atoms with E-state index in [0.29, 0.717) is 22.2 Å². The van der Waals surface area contributed by atoms with Gasteiger partial charge >= 0.3 is 6.09 Å². The van der Waals surface area contributed by atoms with Gasteiger partial charge in [0.15, 0.2) is 5.72 Å². The molecule has 2 amide bonds. The van der Waals surface area contributed by atoms with Gasteiger partial charge in [0.25, 0.3) is 5.91 Å². The van der Waals surface area contributed by atoms with E-state index >= 15 is 0 Å². The lowest BCUT2D eigenvalue weighted by atomic mass is 9.92. The van der Waals surface area contributed by atoms with Gasteiger partial charge in [0.2, 0.25) is 5.95 Å². The van der Waals surface area contributed by atoms with Crippen LogP contribution in [-0.2, 0) is 10.5 Å². The number of aromatic nitrogens is 2. The van der Waals surface area contributed by atoms with E-state index in [2.05, 4.69) is 20.0 Å². The normalized spacial score (nSPS) is 18.0. The first-order valence-corrected chi connectivity index (χ1v) is 10.7. The number of anilines is 1. The number of benzene rings is 3. The quantitative estimate of drug-likeness (QED) is 0.402. The van der Waals surface area contributed by atoms with Crippen LogP contribution in [0.1, 0.15) is 40.0 Å². The van der Waals surface area contributed by atoms with Gasteiger partial charge in [-0.3, -0.25) is 15.0 Å². The summed E-state index contributed by atoms with van der Waals surface area (Å²) in [5.74, 6) is -1.93. The Balaban J connectivity index is 1.65. The van der Waals surface area contributed by atoms with Crippen molar-refractivity contribution in [1.82, 2.24) is 14.9 Å². The molecule has 2 heterocycles. The second-order valence-electron chi connectivity index (χ2n) is 8.21. The maximum absolute atomic E-state index is 14.0. The third-order valence-electron chi connectivity index (χ3n) is 6.15. The maximum atomic E-state index is 14.0. The number of H-pyrrole nitrogens is 1. The van der Waals surface area contributed by atoms with Crippen LogP contribution in [0, 0.1) is 11.6 Å². The highest BCUT2D eigenvalue weighted by molar-refractivity contribution is 6.01. The van der Waals surface area contributed by atoms with E-state index in [4.69, 9.17) is 0 Å². The van der Waals surface area contributed by atoms with E-state index < -0.39 is 35.4 Å². The van der Waals surface area contributed by atoms with Crippen molar-refractivity contribution in [1.29, 1.82) is 0 Å². The van der Waals surface area contributed by atoms with Gasteiger partial charge in [-0.15, -0.1) is 0 Å². The number of aliphatic hydroxyl groups is 1. The average molecular weight is 478 g/mol. The zero-order valence-electron chi connectivity index (χ0n) is 18.7. The van der Waals surface area contributed by atoms with Gasteiger partial charge in [-0.25, -0.2) is 18.6 Å². The number of rotatable bonds is 4. The molecule has 4 aromatic rings. The number of carbonyl (C=O) groups is 2. The number of fused-ring (bicyclic) bond motifs is 2. The first-order chi connectivity index (χ1) is 16.7. The average Bonchev–Trinajstić information content (AvgIpc) is 3.34.